The Morgan fingerprint density at radius 2 is 2.12 bits per heavy atom. The highest BCUT2D eigenvalue weighted by Gasteiger charge is 2.39. The Morgan fingerprint density at radius 1 is 1.32 bits per heavy atom. The van der Waals surface area contributed by atoms with Crippen LogP contribution in [0.4, 0.5) is 0 Å². The van der Waals surface area contributed by atoms with Crippen LogP contribution in [-0.2, 0) is 11.3 Å². The van der Waals surface area contributed by atoms with Crippen LogP contribution in [0, 0.1) is 11.8 Å². The van der Waals surface area contributed by atoms with E-state index in [9.17, 15) is 9.59 Å². The van der Waals surface area contributed by atoms with Crippen molar-refractivity contribution in [1.29, 1.82) is 0 Å². The summed E-state index contributed by atoms with van der Waals surface area (Å²) < 4.78 is 1.47. The van der Waals surface area contributed by atoms with E-state index in [1.807, 2.05) is 0 Å². The first-order valence-corrected chi connectivity index (χ1v) is 9.02. The molecule has 1 aliphatic heterocycles. The van der Waals surface area contributed by atoms with Crippen molar-refractivity contribution in [3.8, 4) is 0 Å². The zero-order valence-corrected chi connectivity index (χ0v) is 14.9. The molecule has 0 bridgehead atoms. The number of nitrogens with zero attached hydrogens (tertiary/aromatic N) is 3. The van der Waals surface area contributed by atoms with Crippen molar-refractivity contribution in [1.82, 2.24) is 19.6 Å². The zero-order valence-electron chi connectivity index (χ0n) is 14.1. The summed E-state index contributed by atoms with van der Waals surface area (Å²) in [6.45, 7) is 1.42. The summed E-state index contributed by atoms with van der Waals surface area (Å²) in [5, 5.41) is 3.48. The lowest BCUT2D eigenvalue weighted by Gasteiger charge is -2.24. The summed E-state index contributed by atoms with van der Waals surface area (Å²) in [4.78, 5) is 30.7. The summed E-state index contributed by atoms with van der Waals surface area (Å²) >= 11 is 5.95. The van der Waals surface area contributed by atoms with Gasteiger partial charge in [0.25, 0.3) is 5.56 Å². The van der Waals surface area contributed by atoms with Gasteiger partial charge in [-0.25, -0.2) is 4.98 Å². The van der Waals surface area contributed by atoms with Gasteiger partial charge in [0.05, 0.1) is 10.7 Å². The van der Waals surface area contributed by atoms with Gasteiger partial charge in [-0.15, -0.1) is 0 Å². The fourth-order valence-electron chi connectivity index (χ4n) is 4.19. The normalized spacial score (nSPS) is 26.0. The summed E-state index contributed by atoms with van der Waals surface area (Å²) in [5.41, 5.74) is 1.25. The minimum Gasteiger partial charge on any atom is -0.356 e. The molecule has 4 rings (SSSR count). The summed E-state index contributed by atoms with van der Waals surface area (Å²) in [6.07, 6.45) is 4.36. The number of fused-ring (bicyclic) bond motifs is 2. The molecule has 1 saturated heterocycles. The molecule has 1 N–H and O–H groups in total. The molecule has 132 valence electrons. The van der Waals surface area contributed by atoms with Gasteiger partial charge in [0.1, 0.15) is 5.65 Å². The Morgan fingerprint density at radius 3 is 2.96 bits per heavy atom. The van der Waals surface area contributed by atoms with Gasteiger partial charge in [-0.2, -0.15) is 0 Å². The average molecular weight is 361 g/mol. The van der Waals surface area contributed by atoms with Crippen LogP contribution in [0.2, 0.25) is 5.02 Å². The number of hydrogen-bond acceptors (Lipinski definition) is 4. The fraction of sp³-hybridized carbons (Fsp3) is 0.500. The standard InChI is InChI=1S/C18H21ClN4O2/c1-22(15-4-11-6-17(24)20-8-12(11)5-15)10-14-7-18(25)23-9-13(19)2-3-16(23)21-14/h2-3,7,9,11-12,15H,4-6,8,10H2,1H3,(H,20,24)/t11-,12+,15-/m1/s1. The first-order valence-electron chi connectivity index (χ1n) is 8.64. The maximum atomic E-state index is 12.3. The molecule has 25 heavy (non-hydrogen) atoms. The first-order chi connectivity index (χ1) is 12.0. The minimum absolute atomic E-state index is 0.120. The van der Waals surface area contributed by atoms with Gasteiger partial charge in [0.15, 0.2) is 0 Å². The molecule has 0 radical (unpaired) electrons. The van der Waals surface area contributed by atoms with Crippen LogP contribution in [0.1, 0.15) is 25.0 Å². The third kappa shape index (κ3) is 3.28. The monoisotopic (exact) mass is 360 g/mol. The van der Waals surface area contributed by atoms with Gasteiger partial charge in [0.2, 0.25) is 5.91 Å². The van der Waals surface area contributed by atoms with E-state index in [0.29, 0.717) is 41.5 Å². The van der Waals surface area contributed by atoms with E-state index < -0.39 is 0 Å². The molecule has 7 heteroatoms. The lowest BCUT2D eigenvalue weighted by molar-refractivity contribution is -0.124. The second kappa shape index (κ2) is 6.42. The second-order valence-corrected chi connectivity index (χ2v) is 7.67. The van der Waals surface area contributed by atoms with E-state index in [-0.39, 0.29) is 11.5 Å². The van der Waals surface area contributed by atoms with Crippen molar-refractivity contribution in [2.45, 2.75) is 31.8 Å². The summed E-state index contributed by atoms with van der Waals surface area (Å²) in [6, 6.07) is 5.50. The van der Waals surface area contributed by atoms with Crippen LogP contribution in [0.25, 0.3) is 5.65 Å². The smallest absolute Gasteiger partial charge is 0.258 e. The number of piperidine rings is 1. The van der Waals surface area contributed by atoms with Crippen LogP contribution < -0.4 is 10.9 Å². The highest BCUT2D eigenvalue weighted by molar-refractivity contribution is 6.30. The summed E-state index contributed by atoms with van der Waals surface area (Å²) in [7, 11) is 2.07. The Hall–Kier alpha value is -1.92. The fourth-order valence-corrected chi connectivity index (χ4v) is 4.35. The number of nitrogens with one attached hydrogen (secondary N) is 1. The van der Waals surface area contributed by atoms with Crippen molar-refractivity contribution in [3.63, 3.8) is 0 Å². The van der Waals surface area contributed by atoms with Gasteiger partial charge in [0, 0.05) is 37.8 Å². The molecule has 1 saturated carbocycles. The second-order valence-electron chi connectivity index (χ2n) is 7.23. The third-order valence-corrected chi connectivity index (χ3v) is 5.76. The summed E-state index contributed by atoms with van der Waals surface area (Å²) in [5.74, 6) is 1.23. The number of rotatable bonds is 3. The Labute approximate surface area is 150 Å². The average Bonchev–Trinajstić information content (AvgIpc) is 2.99. The molecule has 0 unspecified atom stereocenters. The molecule has 2 aromatic rings. The van der Waals surface area contributed by atoms with E-state index in [0.717, 1.165) is 25.1 Å². The van der Waals surface area contributed by atoms with Gasteiger partial charge in [-0.3, -0.25) is 18.9 Å². The highest BCUT2D eigenvalue weighted by Crippen LogP contribution is 2.38. The van der Waals surface area contributed by atoms with Gasteiger partial charge in [-0.05, 0) is 43.9 Å². The lowest BCUT2D eigenvalue weighted by Crippen LogP contribution is -2.38. The number of aromatic nitrogens is 2. The number of pyridine rings is 1. The lowest BCUT2D eigenvalue weighted by atomic mass is 9.89. The number of amides is 1. The van der Waals surface area contributed by atoms with Gasteiger partial charge < -0.3 is 5.32 Å². The third-order valence-electron chi connectivity index (χ3n) is 5.54. The van der Waals surface area contributed by atoms with Crippen LogP contribution in [0.5, 0.6) is 0 Å². The van der Waals surface area contributed by atoms with Crippen molar-refractivity contribution in [3.05, 3.63) is 45.5 Å². The molecule has 3 heterocycles. The molecule has 2 fully saturated rings. The molecule has 0 spiro atoms. The Balaban J connectivity index is 1.50. The predicted octanol–water partition coefficient (Wildman–Crippen LogP) is 1.69. The first kappa shape index (κ1) is 16.5. The van der Waals surface area contributed by atoms with Gasteiger partial charge in [-0.1, -0.05) is 11.6 Å². The molecule has 1 aliphatic carbocycles. The molecule has 6 nitrogen and oxygen atoms in total. The minimum atomic E-state index is -0.120. The molecule has 0 aromatic carbocycles. The molecule has 2 aliphatic rings. The van der Waals surface area contributed by atoms with Crippen molar-refractivity contribution in [2.75, 3.05) is 13.6 Å². The molecule has 3 atom stereocenters. The van der Waals surface area contributed by atoms with Crippen molar-refractivity contribution in [2.24, 2.45) is 11.8 Å². The van der Waals surface area contributed by atoms with Gasteiger partial charge >= 0.3 is 0 Å². The largest absolute Gasteiger partial charge is 0.356 e. The van der Waals surface area contributed by atoms with Crippen LogP contribution >= 0.6 is 11.6 Å². The van der Waals surface area contributed by atoms with Crippen LogP contribution in [0.15, 0.2) is 29.2 Å². The van der Waals surface area contributed by atoms with E-state index in [2.05, 4.69) is 22.2 Å². The number of carbonyl (C=O) groups is 1. The van der Waals surface area contributed by atoms with E-state index >= 15 is 0 Å². The maximum Gasteiger partial charge on any atom is 0.258 e. The Bertz CT molecular complexity index is 881. The topological polar surface area (TPSA) is 66.7 Å². The SMILES string of the molecule is CN(Cc1cc(=O)n2cc(Cl)ccc2n1)[C@H]1C[C@H]2CNC(=O)C[C@H]2C1. The van der Waals surface area contributed by atoms with E-state index in [1.54, 1.807) is 24.4 Å². The molecule has 1 amide bonds. The molecular weight excluding hydrogens is 340 g/mol. The maximum absolute atomic E-state index is 12.3. The molecule has 2 aromatic heterocycles. The van der Waals surface area contributed by atoms with E-state index in [4.69, 9.17) is 11.6 Å². The van der Waals surface area contributed by atoms with Crippen molar-refractivity contribution < 1.29 is 4.79 Å². The Kier molecular flexibility index (Phi) is 4.25. The zero-order chi connectivity index (χ0) is 17.6. The van der Waals surface area contributed by atoms with Crippen LogP contribution in [0.3, 0.4) is 0 Å². The number of halogens is 1. The number of hydrogen-bond donors (Lipinski definition) is 1. The van der Waals surface area contributed by atoms with E-state index in [1.165, 1.54) is 4.40 Å². The molecular formula is C18H21ClN4O2. The van der Waals surface area contributed by atoms with Crippen LogP contribution in [-0.4, -0.2) is 39.8 Å². The highest BCUT2D eigenvalue weighted by atomic mass is 35.5. The quantitative estimate of drug-likeness (QED) is 0.904. The number of carbonyl (C=O) groups excluding carboxylic acids is 1. The predicted molar refractivity (Wildman–Crippen MR) is 95.6 cm³/mol. The van der Waals surface area contributed by atoms with Crippen molar-refractivity contribution >= 4 is 23.2 Å².